The van der Waals surface area contributed by atoms with E-state index in [1.54, 1.807) is 18.2 Å². The molecule has 0 aliphatic rings. The quantitative estimate of drug-likeness (QED) is 0.612. The van der Waals surface area contributed by atoms with Crippen LogP contribution in [0.5, 0.6) is 11.5 Å². The third-order valence-electron chi connectivity index (χ3n) is 3.67. The maximum absolute atomic E-state index is 12.4. The van der Waals surface area contributed by atoms with Crippen molar-refractivity contribution in [2.45, 2.75) is 24.5 Å². The number of carbonyl (C=O) groups is 1. The summed E-state index contributed by atoms with van der Waals surface area (Å²) in [5.41, 5.74) is 0.658. The van der Waals surface area contributed by atoms with Gasteiger partial charge in [-0.25, -0.2) is 8.42 Å². The van der Waals surface area contributed by atoms with Crippen LogP contribution in [0.25, 0.3) is 0 Å². The van der Waals surface area contributed by atoms with Gasteiger partial charge in [-0.3, -0.25) is 4.79 Å². The predicted octanol–water partition coefficient (Wildman–Crippen LogP) is 2.88. The molecule has 2 aromatic carbocycles. The topological polar surface area (TPSA) is 90.9 Å². The van der Waals surface area contributed by atoms with Gasteiger partial charge < -0.3 is 14.2 Å². The number of nitrogens with one attached hydrogen (secondary N) is 1. The smallest absolute Gasteiger partial charge is 0.324 e. The number of hydrogen-bond acceptors (Lipinski definition) is 6. The van der Waals surface area contributed by atoms with Crippen molar-refractivity contribution in [3.63, 3.8) is 0 Å². The zero-order valence-corrected chi connectivity index (χ0v) is 17.5. The van der Waals surface area contributed by atoms with E-state index in [0.717, 1.165) is 4.47 Å². The van der Waals surface area contributed by atoms with Crippen molar-refractivity contribution < 1.29 is 27.4 Å². The average molecular weight is 458 g/mol. The normalized spacial score (nSPS) is 12.3. The molecule has 27 heavy (non-hydrogen) atoms. The molecule has 0 saturated carbocycles. The molecule has 0 radical (unpaired) electrons. The minimum Gasteiger partial charge on any atom is -0.497 e. The lowest BCUT2D eigenvalue weighted by Gasteiger charge is -2.15. The first kappa shape index (κ1) is 21.2. The lowest BCUT2D eigenvalue weighted by atomic mass is 10.2. The maximum atomic E-state index is 12.4. The number of methoxy groups -OCH3 is 2. The molecule has 0 bridgehead atoms. The molecule has 0 aliphatic carbocycles. The molecule has 1 atom stereocenters. The van der Waals surface area contributed by atoms with Gasteiger partial charge in [0.15, 0.2) is 0 Å². The Labute approximate surface area is 166 Å². The number of esters is 1. The number of ether oxygens (including phenoxy) is 3. The van der Waals surface area contributed by atoms with Crippen molar-refractivity contribution in [2.24, 2.45) is 0 Å². The Morgan fingerprint density at radius 1 is 1.11 bits per heavy atom. The van der Waals surface area contributed by atoms with Gasteiger partial charge in [-0.05, 0) is 49.4 Å². The molecule has 0 aromatic heterocycles. The highest BCUT2D eigenvalue weighted by Crippen LogP contribution is 2.24. The van der Waals surface area contributed by atoms with E-state index >= 15 is 0 Å². The van der Waals surface area contributed by atoms with E-state index in [0.29, 0.717) is 17.1 Å². The Morgan fingerprint density at radius 3 is 2.37 bits per heavy atom. The minimum absolute atomic E-state index is 0.0246. The van der Waals surface area contributed by atoms with Gasteiger partial charge >= 0.3 is 5.97 Å². The maximum Gasteiger partial charge on any atom is 0.324 e. The van der Waals surface area contributed by atoms with Gasteiger partial charge in [0.1, 0.15) is 24.1 Å². The molecule has 0 amide bonds. The van der Waals surface area contributed by atoms with Gasteiger partial charge in [0.25, 0.3) is 0 Å². The number of sulfonamides is 1. The highest BCUT2D eigenvalue weighted by Gasteiger charge is 2.23. The molecule has 2 aromatic rings. The zero-order valence-electron chi connectivity index (χ0n) is 15.1. The van der Waals surface area contributed by atoms with E-state index in [9.17, 15) is 13.2 Å². The summed E-state index contributed by atoms with van der Waals surface area (Å²) in [7, 11) is -0.870. The summed E-state index contributed by atoms with van der Waals surface area (Å²) in [6.45, 7) is 1.37. The minimum atomic E-state index is -3.87. The summed E-state index contributed by atoms with van der Waals surface area (Å²) in [5.74, 6) is 0.399. The summed E-state index contributed by atoms with van der Waals surface area (Å²) in [6.07, 6.45) is 0. The van der Waals surface area contributed by atoms with Crippen molar-refractivity contribution in [3.8, 4) is 11.5 Å². The monoisotopic (exact) mass is 457 g/mol. The second-order valence-corrected chi connectivity index (χ2v) is 8.21. The van der Waals surface area contributed by atoms with Gasteiger partial charge in [-0.2, -0.15) is 4.72 Å². The second-order valence-electron chi connectivity index (χ2n) is 5.58. The molecule has 0 saturated heterocycles. The van der Waals surface area contributed by atoms with E-state index in [2.05, 4.69) is 20.7 Å². The molecule has 146 valence electrons. The molecule has 0 heterocycles. The predicted molar refractivity (Wildman–Crippen MR) is 103 cm³/mol. The van der Waals surface area contributed by atoms with Crippen molar-refractivity contribution in [3.05, 3.63) is 52.5 Å². The van der Waals surface area contributed by atoms with Crippen LogP contribution in [0.4, 0.5) is 0 Å². The standard InChI is InChI=1S/C18H20BrNO6S/c1-12(20-27(22,23)16-7-5-15(24-2)6-8-16)18(21)26-11-13-10-14(19)4-9-17(13)25-3/h4-10,12,20H,11H2,1-3H3/t12-/m0/s1. The molecular formula is C18H20BrNO6S. The first-order chi connectivity index (χ1) is 12.8. The van der Waals surface area contributed by atoms with Gasteiger partial charge in [0, 0.05) is 10.0 Å². The van der Waals surface area contributed by atoms with E-state index in [1.807, 2.05) is 0 Å². The Bertz CT molecular complexity index is 899. The van der Waals surface area contributed by atoms with Crippen LogP contribution in [0.2, 0.25) is 0 Å². The molecule has 1 N–H and O–H groups in total. The van der Waals surface area contributed by atoms with Crippen LogP contribution >= 0.6 is 15.9 Å². The fourth-order valence-corrected chi connectivity index (χ4v) is 3.84. The van der Waals surface area contributed by atoms with E-state index in [4.69, 9.17) is 14.2 Å². The summed E-state index contributed by atoms with van der Waals surface area (Å²) >= 11 is 3.34. The molecule has 0 spiro atoms. The van der Waals surface area contributed by atoms with Gasteiger partial charge in [0.05, 0.1) is 19.1 Å². The third kappa shape index (κ3) is 5.69. The Morgan fingerprint density at radius 2 is 1.78 bits per heavy atom. The zero-order chi connectivity index (χ0) is 20.0. The van der Waals surface area contributed by atoms with Crippen LogP contribution in [0.3, 0.4) is 0 Å². The lowest BCUT2D eigenvalue weighted by molar-refractivity contribution is -0.146. The Hall–Kier alpha value is -2.10. The average Bonchev–Trinajstić information content (AvgIpc) is 2.65. The molecule has 2 rings (SSSR count). The van der Waals surface area contributed by atoms with E-state index < -0.39 is 22.0 Å². The van der Waals surface area contributed by atoms with Crippen molar-refractivity contribution in [1.82, 2.24) is 4.72 Å². The van der Waals surface area contributed by atoms with Gasteiger partial charge in [-0.1, -0.05) is 15.9 Å². The Balaban J connectivity index is 2.01. The van der Waals surface area contributed by atoms with Gasteiger partial charge in [-0.15, -0.1) is 0 Å². The van der Waals surface area contributed by atoms with Crippen molar-refractivity contribution >= 4 is 31.9 Å². The van der Waals surface area contributed by atoms with Crippen LogP contribution < -0.4 is 14.2 Å². The fraction of sp³-hybridized carbons (Fsp3) is 0.278. The summed E-state index contributed by atoms with van der Waals surface area (Å²) in [6, 6.07) is 10.1. The van der Waals surface area contributed by atoms with Crippen molar-refractivity contribution in [1.29, 1.82) is 0 Å². The fourth-order valence-electron chi connectivity index (χ4n) is 2.24. The molecule has 0 unspecified atom stereocenters. The van der Waals surface area contributed by atoms with Crippen LogP contribution in [-0.2, 0) is 26.2 Å². The van der Waals surface area contributed by atoms with Crippen molar-refractivity contribution in [2.75, 3.05) is 14.2 Å². The number of hydrogen-bond donors (Lipinski definition) is 1. The van der Waals surface area contributed by atoms with E-state index in [1.165, 1.54) is 45.4 Å². The summed E-state index contributed by atoms with van der Waals surface area (Å²) in [5, 5.41) is 0. The van der Waals surface area contributed by atoms with E-state index in [-0.39, 0.29) is 11.5 Å². The highest BCUT2D eigenvalue weighted by molar-refractivity contribution is 9.10. The number of carbonyl (C=O) groups excluding carboxylic acids is 1. The number of halogens is 1. The first-order valence-corrected chi connectivity index (χ1v) is 10.2. The van der Waals surface area contributed by atoms with Crippen LogP contribution in [0.1, 0.15) is 12.5 Å². The largest absolute Gasteiger partial charge is 0.497 e. The van der Waals surface area contributed by atoms with Crippen LogP contribution in [0, 0.1) is 0 Å². The molecule has 0 fully saturated rings. The van der Waals surface area contributed by atoms with Gasteiger partial charge in [0.2, 0.25) is 10.0 Å². The molecule has 0 aliphatic heterocycles. The molecule has 7 nitrogen and oxygen atoms in total. The number of rotatable bonds is 8. The molecule has 9 heteroatoms. The first-order valence-electron chi connectivity index (χ1n) is 7.92. The summed E-state index contributed by atoms with van der Waals surface area (Å²) < 4.78 is 43.3. The second kappa shape index (κ2) is 9.20. The third-order valence-corrected chi connectivity index (χ3v) is 5.72. The van der Waals surface area contributed by atoms with Crippen LogP contribution in [-0.4, -0.2) is 34.6 Å². The summed E-state index contributed by atoms with van der Waals surface area (Å²) in [4.78, 5) is 12.2. The SMILES string of the molecule is COc1ccc(S(=O)(=O)N[C@@H](C)C(=O)OCc2cc(Br)ccc2OC)cc1. The molecular weight excluding hydrogens is 438 g/mol. The lowest BCUT2D eigenvalue weighted by Crippen LogP contribution is -2.39. The number of benzene rings is 2. The Kier molecular flexibility index (Phi) is 7.23. The highest BCUT2D eigenvalue weighted by atomic mass is 79.9. The van der Waals surface area contributed by atoms with Crippen LogP contribution in [0.15, 0.2) is 51.8 Å².